The van der Waals surface area contributed by atoms with Gasteiger partial charge in [0, 0.05) is 18.7 Å². The molecule has 2 aliphatic rings. The molecule has 1 atom stereocenters. The first kappa shape index (κ1) is 18.0. The third-order valence-electron chi connectivity index (χ3n) is 5.73. The third kappa shape index (κ3) is 3.22. The number of para-hydroxylation sites is 2. The molecule has 2 aliphatic heterocycles. The fourth-order valence-electron chi connectivity index (χ4n) is 4.12. The molecular weight excluding hydrogens is 370 g/mol. The first-order valence-corrected chi connectivity index (χ1v) is 9.85. The second-order valence-corrected chi connectivity index (χ2v) is 7.59. The van der Waals surface area contributed by atoms with Gasteiger partial charge < -0.3 is 9.52 Å². The van der Waals surface area contributed by atoms with Gasteiger partial charge in [-0.15, -0.1) is 0 Å². The highest BCUT2D eigenvalue weighted by atomic mass is 16.3. The van der Waals surface area contributed by atoms with Crippen molar-refractivity contribution in [3.05, 3.63) is 48.5 Å². The summed E-state index contributed by atoms with van der Waals surface area (Å²) < 4.78 is 5.78. The molecule has 1 aromatic heterocycles. The number of hydrogen-bond acceptors (Lipinski definition) is 6. The van der Waals surface area contributed by atoms with Gasteiger partial charge in [0.25, 0.3) is 5.91 Å². The lowest BCUT2D eigenvalue weighted by Crippen LogP contribution is -2.46. The first-order valence-electron chi connectivity index (χ1n) is 9.85. The third-order valence-corrected chi connectivity index (χ3v) is 5.73. The number of carbonyl (C=O) groups is 2. The van der Waals surface area contributed by atoms with E-state index < -0.39 is 6.04 Å². The van der Waals surface area contributed by atoms with E-state index in [1.165, 1.54) is 4.90 Å². The van der Waals surface area contributed by atoms with E-state index in [-0.39, 0.29) is 24.3 Å². The molecule has 1 unspecified atom stereocenters. The standard InChI is InChI=1S/C22H21N3O4/c26-16-9-11-24(12-10-16)18-13-20(27)25(22(18)28)15-7-5-14(6-8-15)21-23-17-3-1-2-4-19(17)29-21/h1-8,16,18,26H,9-13H2. The van der Waals surface area contributed by atoms with Crippen LogP contribution in [0.25, 0.3) is 22.6 Å². The maximum absolute atomic E-state index is 12.9. The maximum Gasteiger partial charge on any atom is 0.251 e. The molecule has 29 heavy (non-hydrogen) atoms. The van der Waals surface area contributed by atoms with Gasteiger partial charge in [-0.05, 0) is 49.2 Å². The number of amides is 2. The molecule has 1 N–H and O–H groups in total. The Morgan fingerprint density at radius 2 is 1.72 bits per heavy atom. The Bertz CT molecular complexity index is 1030. The number of aromatic nitrogens is 1. The maximum atomic E-state index is 12.9. The van der Waals surface area contributed by atoms with Crippen molar-refractivity contribution >= 4 is 28.6 Å². The van der Waals surface area contributed by atoms with Gasteiger partial charge in [-0.2, -0.15) is 0 Å². The second-order valence-electron chi connectivity index (χ2n) is 7.59. The Labute approximate surface area is 167 Å². The number of imide groups is 1. The molecule has 7 nitrogen and oxygen atoms in total. The van der Waals surface area contributed by atoms with Crippen molar-refractivity contribution in [2.75, 3.05) is 18.0 Å². The zero-order valence-electron chi connectivity index (χ0n) is 15.8. The van der Waals surface area contributed by atoms with Crippen molar-refractivity contribution in [2.45, 2.75) is 31.4 Å². The van der Waals surface area contributed by atoms with Gasteiger partial charge in [-0.25, -0.2) is 9.88 Å². The van der Waals surface area contributed by atoms with E-state index >= 15 is 0 Å². The number of hydrogen-bond donors (Lipinski definition) is 1. The Kier molecular flexibility index (Phi) is 4.41. The number of aliphatic hydroxyl groups is 1. The van der Waals surface area contributed by atoms with Crippen molar-refractivity contribution in [1.29, 1.82) is 0 Å². The Morgan fingerprint density at radius 3 is 2.45 bits per heavy atom. The molecule has 2 fully saturated rings. The van der Waals surface area contributed by atoms with Crippen molar-refractivity contribution < 1.29 is 19.1 Å². The summed E-state index contributed by atoms with van der Waals surface area (Å²) >= 11 is 0. The Hall–Kier alpha value is -3.03. The minimum Gasteiger partial charge on any atom is -0.436 e. The molecule has 2 saturated heterocycles. The smallest absolute Gasteiger partial charge is 0.251 e. The van der Waals surface area contributed by atoms with Crippen molar-refractivity contribution in [3.63, 3.8) is 0 Å². The van der Waals surface area contributed by atoms with Crippen molar-refractivity contribution in [1.82, 2.24) is 9.88 Å². The molecule has 0 bridgehead atoms. The monoisotopic (exact) mass is 391 g/mol. The average Bonchev–Trinajstić information content (AvgIpc) is 3.29. The highest BCUT2D eigenvalue weighted by Crippen LogP contribution is 2.30. The second kappa shape index (κ2) is 7.09. The number of nitrogens with zero attached hydrogens (tertiary/aromatic N) is 3. The number of anilines is 1. The number of oxazole rings is 1. The van der Waals surface area contributed by atoms with Crippen LogP contribution in [0.1, 0.15) is 19.3 Å². The van der Waals surface area contributed by atoms with Crippen LogP contribution >= 0.6 is 0 Å². The lowest BCUT2D eigenvalue weighted by Gasteiger charge is -2.32. The van der Waals surface area contributed by atoms with Crippen LogP contribution in [0.3, 0.4) is 0 Å². The predicted molar refractivity (Wildman–Crippen MR) is 107 cm³/mol. The zero-order chi connectivity index (χ0) is 20.0. The van der Waals surface area contributed by atoms with E-state index in [1.807, 2.05) is 41.3 Å². The van der Waals surface area contributed by atoms with Gasteiger partial charge in [0.15, 0.2) is 5.58 Å². The number of fused-ring (bicyclic) bond motifs is 1. The summed E-state index contributed by atoms with van der Waals surface area (Å²) in [6, 6.07) is 14.2. The van der Waals surface area contributed by atoms with Crippen LogP contribution in [0, 0.1) is 0 Å². The quantitative estimate of drug-likeness (QED) is 0.691. The van der Waals surface area contributed by atoms with Gasteiger partial charge in [0.2, 0.25) is 11.8 Å². The van der Waals surface area contributed by atoms with Crippen LogP contribution in [0.15, 0.2) is 52.9 Å². The number of rotatable bonds is 3. The predicted octanol–water partition coefficient (Wildman–Crippen LogP) is 2.58. The van der Waals surface area contributed by atoms with Gasteiger partial charge in [0.05, 0.1) is 24.3 Å². The van der Waals surface area contributed by atoms with Crippen LogP contribution < -0.4 is 4.90 Å². The molecule has 0 spiro atoms. The summed E-state index contributed by atoms with van der Waals surface area (Å²) in [6.45, 7) is 1.27. The van der Waals surface area contributed by atoms with E-state index in [2.05, 4.69) is 4.98 Å². The van der Waals surface area contributed by atoms with E-state index in [0.29, 0.717) is 43.1 Å². The Balaban J connectivity index is 1.36. The fourth-order valence-corrected chi connectivity index (χ4v) is 4.12. The van der Waals surface area contributed by atoms with Crippen LogP contribution in [0.4, 0.5) is 5.69 Å². The van der Waals surface area contributed by atoms with Crippen LogP contribution in [0.2, 0.25) is 0 Å². The minimum absolute atomic E-state index is 0.182. The molecule has 5 rings (SSSR count). The summed E-state index contributed by atoms with van der Waals surface area (Å²) in [6.07, 6.45) is 1.14. The van der Waals surface area contributed by atoms with Gasteiger partial charge in [-0.1, -0.05) is 12.1 Å². The summed E-state index contributed by atoms with van der Waals surface area (Å²) in [5.74, 6) is 0.114. The average molecular weight is 391 g/mol. The molecule has 0 radical (unpaired) electrons. The number of aliphatic hydroxyl groups excluding tert-OH is 1. The van der Waals surface area contributed by atoms with Crippen molar-refractivity contribution in [3.8, 4) is 11.5 Å². The van der Waals surface area contributed by atoms with Gasteiger partial charge in [-0.3, -0.25) is 14.5 Å². The van der Waals surface area contributed by atoms with E-state index in [1.54, 1.807) is 12.1 Å². The van der Waals surface area contributed by atoms with Crippen LogP contribution in [-0.4, -0.2) is 52.0 Å². The van der Waals surface area contributed by atoms with E-state index in [0.717, 1.165) is 11.1 Å². The molecule has 0 aliphatic carbocycles. The highest BCUT2D eigenvalue weighted by Gasteiger charge is 2.43. The van der Waals surface area contributed by atoms with Crippen molar-refractivity contribution in [2.24, 2.45) is 0 Å². The zero-order valence-corrected chi connectivity index (χ0v) is 15.8. The fraction of sp³-hybridized carbons (Fsp3) is 0.318. The first-order chi connectivity index (χ1) is 14.1. The van der Waals surface area contributed by atoms with Gasteiger partial charge >= 0.3 is 0 Å². The van der Waals surface area contributed by atoms with E-state index in [4.69, 9.17) is 4.42 Å². The molecule has 0 saturated carbocycles. The molecule has 148 valence electrons. The largest absolute Gasteiger partial charge is 0.436 e. The molecule has 2 aromatic carbocycles. The molecular formula is C22H21N3O4. The number of likely N-dealkylation sites (tertiary alicyclic amines) is 1. The lowest BCUT2D eigenvalue weighted by molar-refractivity contribution is -0.123. The number of carbonyl (C=O) groups excluding carboxylic acids is 2. The minimum atomic E-state index is -0.438. The summed E-state index contributed by atoms with van der Waals surface area (Å²) in [7, 11) is 0. The molecule has 3 heterocycles. The van der Waals surface area contributed by atoms with Crippen LogP contribution in [-0.2, 0) is 9.59 Å². The summed E-state index contributed by atoms with van der Waals surface area (Å²) in [5.41, 5.74) is 2.84. The van der Waals surface area contributed by atoms with Gasteiger partial charge in [0.1, 0.15) is 5.52 Å². The lowest BCUT2D eigenvalue weighted by atomic mass is 10.1. The Morgan fingerprint density at radius 1 is 1.00 bits per heavy atom. The normalized spacial score (nSPS) is 21.4. The number of piperidine rings is 1. The summed E-state index contributed by atoms with van der Waals surface area (Å²) in [5, 5.41) is 9.68. The highest BCUT2D eigenvalue weighted by molar-refractivity contribution is 6.22. The topological polar surface area (TPSA) is 86.9 Å². The van der Waals surface area contributed by atoms with Crippen LogP contribution in [0.5, 0.6) is 0 Å². The van der Waals surface area contributed by atoms with E-state index in [9.17, 15) is 14.7 Å². The molecule has 3 aromatic rings. The molecule has 2 amide bonds. The molecule has 7 heteroatoms. The summed E-state index contributed by atoms with van der Waals surface area (Å²) in [4.78, 5) is 33.3. The SMILES string of the molecule is O=C1CC(N2CCC(O)CC2)C(=O)N1c1ccc(-c2nc3ccccc3o2)cc1. The number of benzene rings is 2.